The number of allylic oxidation sites excluding steroid dienone is 4. The normalized spacial score (nSPS) is 14.8. The van der Waals surface area contributed by atoms with Crippen molar-refractivity contribution in [2.24, 2.45) is 5.10 Å². The Kier molecular flexibility index (Phi) is 17.6. The number of nitrogens with zero attached hydrogens (tertiary/aromatic N) is 3. The number of aromatic nitrogens is 2. The molecule has 0 atom stereocenters. The largest absolute Gasteiger partial charge is 0.383 e. The first-order valence-corrected chi connectivity index (χ1v) is 12.0. The lowest BCUT2D eigenvalue weighted by molar-refractivity contribution is -0.152. The predicted molar refractivity (Wildman–Crippen MR) is 143 cm³/mol. The Morgan fingerprint density at radius 1 is 1.29 bits per heavy atom. The molecule has 0 aromatic carbocycles. The molecule has 9 heteroatoms. The summed E-state index contributed by atoms with van der Waals surface area (Å²) in [6.07, 6.45) is 14.6. The van der Waals surface area contributed by atoms with Crippen LogP contribution in [-0.4, -0.2) is 48.1 Å². The zero-order valence-corrected chi connectivity index (χ0v) is 21.6. The molecule has 0 spiro atoms. The molecule has 3 N–H and O–H groups in total. The summed E-state index contributed by atoms with van der Waals surface area (Å²) >= 11 is 0. The van der Waals surface area contributed by atoms with Gasteiger partial charge in [-0.05, 0) is 26.2 Å². The molecule has 1 saturated carbocycles. The van der Waals surface area contributed by atoms with Gasteiger partial charge >= 0.3 is 0 Å². The third-order valence-corrected chi connectivity index (χ3v) is 5.20. The Morgan fingerprint density at radius 2 is 1.94 bits per heavy atom. The Morgan fingerprint density at radius 3 is 2.46 bits per heavy atom. The van der Waals surface area contributed by atoms with E-state index in [0.717, 1.165) is 36.8 Å². The van der Waals surface area contributed by atoms with E-state index >= 15 is 0 Å². The van der Waals surface area contributed by atoms with E-state index in [9.17, 15) is 9.59 Å². The van der Waals surface area contributed by atoms with Crippen LogP contribution in [0.25, 0.3) is 0 Å². The lowest BCUT2D eigenvalue weighted by atomic mass is 9.93. The van der Waals surface area contributed by atoms with Crippen molar-refractivity contribution in [3.8, 4) is 0 Å². The van der Waals surface area contributed by atoms with E-state index in [-0.39, 0.29) is 18.5 Å². The fraction of sp³-hybridized carbons (Fsp3) is 0.538. The van der Waals surface area contributed by atoms with Crippen LogP contribution >= 0.6 is 0 Å². The molecular formula is C26H43N5O4. The smallest absolute Gasteiger partial charge is 0.275 e. The molecule has 1 aromatic rings. The number of hydrogen-bond acceptors (Lipinski definition) is 7. The minimum absolute atomic E-state index is 0.0229. The average Bonchev–Trinajstić information content (AvgIpc) is 3.11. The van der Waals surface area contributed by atoms with Gasteiger partial charge in [-0.2, -0.15) is 9.78 Å². The van der Waals surface area contributed by atoms with Crippen LogP contribution in [0.5, 0.6) is 0 Å². The molecule has 1 aliphatic rings. The highest BCUT2D eigenvalue weighted by Crippen LogP contribution is 2.31. The number of carbonyl (C=O) groups excluding carboxylic acids is 1. The molecule has 1 heterocycles. The standard InChI is InChI=1S/C17H27N5O4.C7H12.C2H4/c1-19-22-14(23)11-13(21-16(22)18)12-26-17(7-5-3-4-6-8-17)15(24)20-9-10-25-2;1-3-5-7-6-4-2;1-2/h11H,1,3-10,12H2,2H3,(H2,18,21)(H,20,24);3,5-7H,4H2,1-2H3;1-2H2/b;5-3-,7-6-;. The fourth-order valence-electron chi connectivity index (χ4n) is 3.46. The van der Waals surface area contributed by atoms with Gasteiger partial charge in [0.15, 0.2) is 0 Å². The summed E-state index contributed by atoms with van der Waals surface area (Å²) in [6.45, 7) is 14.3. The third-order valence-electron chi connectivity index (χ3n) is 5.20. The van der Waals surface area contributed by atoms with E-state index in [1.807, 2.05) is 19.1 Å². The van der Waals surface area contributed by atoms with E-state index in [2.05, 4.69) is 54.4 Å². The Hall–Kier alpha value is -3.04. The maximum absolute atomic E-state index is 12.8. The van der Waals surface area contributed by atoms with Crippen LogP contribution in [0.4, 0.5) is 5.95 Å². The van der Waals surface area contributed by atoms with Crippen molar-refractivity contribution in [2.45, 2.75) is 71.0 Å². The van der Waals surface area contributed by atoms with Gasteiger partial charge in [0.2, 0.25) is 5.95 Å². The number of carbonyl (C=O) groups is 1. The zero-order chi connectivity index (χ0) is 26.5. The summed E-state index contributed by atoms with van der Waals surface area (Å²) in [6, 6.07) is 1.29. The van der Waals surface area contributed by atoms with Crippen LogP contribution in [0.3, 0.4) is 0 Å². The number of amides is 1. The number of methoxy groups -OCH3 is 1. The number of nitrogens with two attached hydrogens (primary N) is 1. The number of rotatable bonds is 10. The average molecular weight is 490 g/mol. The van der Waals surface area contributed by atoms with Crippen LogP contribution in [-0.2, 0) is 20.9 Å². The van der Waals surface area contributed by atoms with Gasteiger partial charge in [-0.15, -0.1) is 13.2 Å². The molecule has 1 aromatic heterocycles. The van der Waals surface area contributed by atoms with Gasteiger partial charge in [-0.25, -0.2) is 4.98 Å². The monoisotopic (exact) mass is 489 g/mol. The Balaban J connectivity index is 0.00000110. The van der Waals surface area contributed by atoms with Gasteiger partial charge < -0.3 is 20.5 Å². The lowest BCUT2D eigenvalue weighted by Crippen LogP contribution is -2.49. The van der Waals surface area contributed by atoms with Crippen molar-refractivity contribution in [1.29, 1.82) is 0 Å². The summed E-state index contributed by atoms with van der Waals surface area (Å²) in [5.74, 6) is -0.212. The second-order valence-electron chi connectivity index (χ2n) is 7.71. The minimum Gasteiger partial charge on any atom is -0.383 e. The molecule has 2 rings (SSSR count). The van der Waals surface area contributed by atoms with Gasteiger partial charge in [0.25, 0.3) is 11.5 Å². The van der Waals surface area contributed by atoms with Crippen LogP contribution in [0.2, 0.25) is 0 Å². The van der Waals surface area contributed by atoms with E-state index in [1.165, 1.54) is 6.07 Å². The minimum atomic E-state index is -0.924. The SMILES string of the molecule is C/C=C\C=C/CC.C=C.C=Nn1c(N)nc(COC2(C(=O)NCCOC)CCCCCC2)cc1=O. The predicted octanol–water partition coefficient (Wildman–Crippen LogP) is 3.99. The highest BCUT2D eigenvalue weighted by Gasteiger charge is 2.39. The number of nitrogens with one attached hydrogen (secondary N) is 1. The summed E-state index contributed by atoms with van der Waals surface area (Å²) in [4.78, 5) is 28.8. The molecular weight excluding hydrogens is 446 g/mol. The topological polar surface area (TPSA) is 121 Å². The summed E-state index contributed by atoms with van der Waals surface area (Å²) in [7, 11) is 1.58. The second kappa shape index (κ2) is 19.3. The van der Waals surface area contributed by atoms with E-state index in [1.54, 1.807) is 7.11 Å². The van der Waals surface area contributed by atoms with Gasteiger partial charge in [-0.3, -0.25) is 9.59 Å². The maximum Gasteiger partial charge on any atom is 0.275 e. The highest BCUT2D eigenvalue weighted by molar-refractivity contribution is 5.85. The molecule has 0 radical (unpaired) electrons. The molecule has 0 unspecified atom stereocenters. The number of ether oxygens (including phenoxy) is 2. The first kappa shape index (κ1) is 32.0. The highest BCUT2D eigenvalue weighted by atomic mass is 16.5. The molecule has 0 bridgehead atoms. The Labute approximate surface area is 209 Å². The van der Waals surface area contributed by atoms with Crippen molar-refractivity contribution < 1.29 is 14.3 Å². The maximum atomic E-state index is 12.8. The quantitative estimate of drug-likeness (QED) is 0.169. The number of hydrogen-bond donors (Lipinski definition) is 2. The fourth-order valence-corrected chi connectivity index (χ4v) is 3.46. The molecule has 0 aliphatic heterocycles. The van der Waals surface area contributed by atoms with Gasteiger partial charge in [0.1, 0.15) is 5.60 Å². The van der Waals surface area contributed by atoms with E-state index in [4.69, 9.17) is 15.2 Å². The van der Waals surface area contributed by atoms with E-state index in [0.29, 0.717) is 31.7 Å². The third kappa shape index (κ3) is 11.8. The second-order valence-corrected chi connectivity index (χ2v) is 7.71. The zero-order valence-electron chi connectivity index (χ0n) is 21.6. The Bertz CT molecular complexity index is 856. The van der Waals surface area contributed by atoms with Gasteiger partial charge in [0, 0.05) is 26.4 Å². The summed E-state index contributed by atoms with van der Waals surface area (Å²) < 4.78 is 11.9. The van der Waals surface area contributed by atoms with Crippen molar-refractivity contribution in [3.63, 3.8) is 0 Å². The molecule has 9 nitrogen and oxygen atoms in total. The van der Waals surface area contributed by atoms with Crippen molar-refractivity contribution in [3.05, 3.63) is 59.6 Å². The van der Waals surface area contributed by atoms with Crippen molar-refractivity contribution in [1.82, 2.24) is 15.0 Å². The molecule has 1 aliphatic carbocycles. The number of nitrogen functional groups attached to an aromatic ring is 1. The first-order chi connectivity index (χ1) is 16.9. The summed E-state index contributed by atoms with van der Waals surface area (Å²) in [5, 5.41) is 6.38. The number of anilines is 1. The van der Waals surface area contributed by atoms with Gasteiger partial charge in [-0.1, -0.05) is 56.9 Å². The van der Waals surface area contributed by atoms with Crippen molar-refractivity contribution >= 4 is 18.6 Å². The molecule has 0 saturated heterocycles. The van der Waals surface area contributed by atoms with Crippen LogP contribution < -0.4 is 16.6 Å². The van der Waals surface area contributed by atoms with Crippen LogP contribution in [0.15, 0.2) is 53.4 Å². The molecule has 35 heavy (non-hydrogen) atoms. The molecule has 1 amide bonds. The van der Waals surface area contributed by atoms with Crippen LogP contribution in [0.1, 0.15) is 64.5 Å². The molecule has 1 fully saturated rings. The van der Waals surface area contributed by atoms with E-state index < -0.39 is 11.2 Å². The molecule has 196 valence electrons. The van der Waals surface area contributed by atoms with Crippen LogP contribution in [0, 0.1) is 0 Å². The lowest BCUT2D eigenvalue weighted by Gasteiger charge is -2.31. The van der Waals surface area contributed by atoms with Gasteiger partial charge in [0.05, 0.1) is 18.9 Å². The summed E-state index contributed by atoms with van der Waals surface area (Å²) in [5.41, 5.74) is 4.71. The van der Waals surface area contributed by atoms with Crippen molar-refractivity contribution in [2.75, 3.05) is 26.0 Å². The first-order valence-electron chi connectivity index (χ1n) is 12.0.